The standard InChI is InChI=1S/C7H9NO3/c1-5(4-8)6(2)11-7(9)10-3/h6H,1H2,2-3H3/t6-/m1/s1. The van der Waals surface area contributed by atoms with Crippen LogP contribution in [-0.4, -0.2) is 19.4 Å². The van der Waals surface area contributed by atoms with Crippen LogP contribution >= 0.6 is 0 Å². The zero-order valence-electron chi connectivity index (χ0n) is 6.46. The fourth-order valence-electron chi connectivity index (χ4n) is 0.354. The van der Waals surface area contributed by atoms with Crippen LogP contribution < -0.4 is 0 Å². The van der Waals surface area contributed by atoms with Crippen LogP contribution in [0.4, 0.5) is 4.79 Å². The SMILES string of the molecule is C=C(C#N)[C@@H](C)OC(=O)OC. The van der Waals surface area contributed by atoms with Crippen LogP contribution in [0.25, 0.3) is 0 Å². The average Bonchev–Trinajstić information content (AvgIpc) is 2.02. The van der Waals surface area contributed by atoms with Gasteiger partial charge >= 0.3 is 6.16 Å². The van der Waals surface area contributed by atoms with E-state index in [0.717, 1.165) is 0 Å². The highest BCUT2D eigenvalue weighted by Gasteiger charge is 2.11. The maximum atomic E-state index is 10.4. The topological polar surface area (TPSA) is 59.3 Å². The highest BCUT2D eigenvalue weighted by atomic mass is 16.7. The summed E-state index contributed by atoms with van der Waals surface area (Å²) in [6, 6.07) is 1.77. The van der Waals surface area contributed by atoms with Gasteiger partial charge in [-0.2, -0.15) is 5.26 Å². The van der Waals surface area contributed by atoms with Crippen LogP contribution in [0.15, 0.2) is 12.2 Å². The Morgan fingerprint density at radius 2 is 2.27 bits per heavy atom. The lowest BCUT2D eigenvalue weighted by Crippen LogP contribution is -2.15. The van der Waals surface area contributed by atoms with Gasteiger partial charge in [0.2, 0.25) is 0 Å². The van der Waals surface area contributed by atoms with Crippen LogP contribution in [0.2, 0.25) is 0 Å². The number of rotatable bonds is 2. The molecule has 60 valence electrons. The van der Waals surface area contributed by atoms with Gasteiger partial charge in [0.1, 0.15) is 6.10 Å². The molecule has 0 saturated carbocycles. The van der Waals surface area contributed by atoms with E-state index in [1.165, 1.54) is 7.11 Å². The lowest BCUT2D eigenvalue weighted by molar-refractivity contribution is 0.0559. The molecule has 0 aromatic carbocycles. The van der Waals surface area contributed by atoms with Gasteiger partial charge in [0.25, 0.3) is 0 Å². The third kappa shape index (κ3) is 3.26. The van der Waals surface area contributed by atoms with E-state index in [1.807, 2.05) is 0 Å². The molecule has 0 unspecified atom stereocenters. The number of hydrogen-bond donors (Lipinski definition) is 0. The van der Waals surface area contributed by atoms with Crippen molar-refractivity contribution in [1.29, 1.82) is 5.26 Å². The summed E-state index contributed by atoms with van der Waals surface area (Å²) in [5.41, 5.74) is 0.190. The number of carbonyl (C=O) groups excluding carboxylic acids is 1. The van der Waals surface area contributed by atoms with E-state index in [-0.39, 0.29) is 5.57 Å². The average molecular weight is 155 g/mol. The van der Waals surface area contributed by atoms with Gasteiger partial charge in [-0.05, 0) is 6.92 Å². The second-order valence-electron chi connectivity index (χ2n) is 1.85. The maximum Gasteiger partial charge on any atom is 0.508 e. The van der Waals surface area contributed by atoms with E-state index in [4.69, 9.17) is 5.26 Å². The van der Waals surface area contributed by atoms with Crippen LogP contribution in [0.3, 0.4) is 0 Å². The fourth-order valence-corrected chi connectivity index (χ4v) is 0.354. The zero-order valence-corrected chi connectivity index (χ0v) is 6.46. The van der Waals surface area contributed by atoms with Gasteiger partial charge in [-0.1, -0.05) is 6.58 Å². The molecular weight excluding hydrogens is 146 g/mol. The van der Waals surface area contributed by atoms with E-state index in [2.05, 4.69) is 16.1 Å². The fraction of sp³-hybridized carbons (Fsp3) is 0.429. The maximum absolute atomic E-state index is 10.4. The van der Waals surface area contributed by atoms with Crippen molar-refractivity contribution in [2.45, 2.75) is 13.0 Å². The normalized spacial score (nSPS) is 11.0. The van der Waals surface area contributed by atoms with Crippen molar-refractivity contribution in [3.05, 3.63) is 12.2 Å². The summed E-state index contributed by atoms with van der Waals surface area (Å²) in [5.74, 6) is 0. The predicted molar refractivity (Wildman–Crippen MR) is 37.7 cm³/mol. The molecule has 0 N–H and O–H groups in total. The quantitative estimate of drug-likeness (QED) is 0.444. The molecule has 1 atom stereocenters. The molecule has 4 nitrogen and oxygen atoms in total. The summed E-state index contributed by atoms with van der Waals surface area (Å²) in [6.45, 7) is 4.91. The smallest absolute Gasteiger partial charge is 0.438 e. The van der Waals surface area contributed by atoms with Gasteiger partial charge in [0, 0.05) is 0 Å². The van der Waals surface area contributed by atoms with E-state index in [0.29, 0.717) is 0 Å². The Balaban J connectivity index is 3.89. The number of nitrogens with zero attached hydrogens (tertiary/aromatic N) is 1. The Labute approximate surface area is 65.0 Å². The molecular formula is C7H9NO3. The molecule has 0 aliphatic carbocycles. The molecule has 0 rings (SSSR count). The van der Waals surface area contributed by atoms with Crippen LogP contribution in [0.1, 0.15) is 6.92 Å². The van der Waals surface area contributed by atoms with Gasteiger partial charge in [-0.15, -0.1) is 0 Å². The van der Waals surface area contributed by atoms with Crippen molar-refractivity contribution < 1.29 is 14.3 Å². The van der Waals surface area contributed by atoms with Gasteiger partial charge in [0.15, 0.2) is 0 Å². The number of hydrogen-bond acceptors (Lipinski definition) is 4. The van der Waals surface area contributed by atoms with Gasteiger partial charge in [-0.25, -0.2) is 4.79 Å². The minimum Gasteiger partial charge on any atom is -0.438 e. The van der Waals surface area contributed by atoms with E-state index in [9.17, 15) is 4.79 Å². The first-order valence-corrected chi connectivity index (χ1v) is 2.95. The lowest BCUT2D eigenvalue weighted by Gasteiger charge is -2.08. The van der Waals surface area contributed by atoms with Crippen LogP contribution in [-0.2, 0) is 9.47 Å². The molecule has 0 amide bonds. The lowest BCUT2D eigenvalue weighted by atomic mass is 10.2. The summed E-state index contributed by atoms with van der Waals surface area (Å²) < 4.78 is 8.77. The summed E-state index contributed by atoms with van der Waals surface area (Å²) in [7, 11) is 1.20. The van der Waals surface area contributed by atoms with E-state index >= 15 is 0 Å². The van der Waals surface area contributed by atoms with E-state index < -0.39 is 12.3 Å². The molecule has 0 aromatic rings. The van der Waals surface area contributed by atoms with Crippen LogP contribution in [0, 0.1) is 11.3 Å². The molecule has 0 aromatic heterocycles. The van der Waals surface area contributed by atoms with Crippen molar-refractivity contribution in [2.75, 3.05) is 7.11 Å². The van der Waals surface area contributed by atoms with Crippen molar-refractivity contribution >= 4 is 6.16 Å². The Kier molecular flexibility index (Phi) is 3.75. The molecule has 0 radical (unpaired) electrons. The summed E-state index contributed by atoms with van der Waals surface area (Å²) in [6.07, 6.45) is -1.43. The summed E-state index contributed by atoms with van der Waals surface area (Å²) in [5, 5.41) is 8.31. The molecule has 11 heavy (non-hydrogen) atoms. The summed E-state index contributed by atoms with van der Waals surface area (Å²) >= 11 is 0. The van der Waals surface area contributed by atoms with Gasteiger partial charge in [0.05, 0.1) is 18.8 Å². The highest BCUT2D eigenvalue weighted by molar-refractivity contribution is 5.60. The Hall–Kier alpha value is -1.50. The van der Waals surface area contributed by atoms with Crippen LogP contribution in [0.5, 0.6) is 0 Å². The molecule has 0 spiro atoms. The predicted octanol–water partition coefficient (Wildman–Crippen LogP) is 1.24. The number of methoxy groups -OCH3 is 1. The van der Waals surface area contributed by atoms with Crippen molar-refractivity contribution in [1.82, 2.24) is 0 Å². The minimum absolute atomic E-state index is 0.190. The van der Waals surface area contributed by atoms with E-state index in [1.54, 1.807) is 13.0 Å². The zero-order chi connectivity index (χ0) is 8.85. The Morgan fingerprint density at radius 1 is 1.73 bits per heavy atom. The number of ether oxygens (including phenoxy) is 2. The largest absolute Gasteiger partial charge is 0.508 e. The summed E-state index contributed by atoms with van der Waals surface area (Å²) in [4.78, 5) is 10.4. The first-order chi connectivity index (χ1) is 5.11. The second-order valence-corrected chi connectivity index (χ2v) is 1.85. The molecule has 4 heteroatoms. The van der Waals surface area contributed by atoms with Gasteiger partial charge < -0.3 is 9.47 Å². The number of nitriles is 1. The molecule has 0 fully saturated rings. The monoisotopic (exact) mass is 155 g/mol. The molecule has 0 aliphatic heterocycles. The molecule has 0 bridgehead atoms. The first kappa shape index (κ1) is 9.50. The van der Waals surface area contributed by atoms with Crippen molar-refractivity contribution in [2.24, 2.45) is 0 Å². The number of carbonyl (C=O) groups is 1. The van der Waals surface area contributed by atoms with Crippen molar-refractivity contribution in [3.8, 4) is 6.07 Å². The minimum atomic E-state index is -0.811. The van der Waals surface area contributed by atoms with Gasteiger partial charge in [-0.3, -0.25) is 0 Å². The Bertz CT molecular complexity index is 204. The highest BCUT2D eigenvalue weighted by Crippen LogP contribution is 2.02. The first-order valence-electron chi connectivity index (χ1n) is 2.95. The third-order valence-corrected chi connectivity index (χ3v) is 1.07. The molecule has 0 heterocycles. The third-order valence-electron chi connectivity index (χ3n) is 1.07. The second kappa shape index (κ2) is 4.34. The Morgan fingerprint density at radius 3 is 2.64 bits per heavy atom. The van der Waals surface area contributed by atoms with Crippen molar-refractivity contribution in [3.63, 3.8) is 0 Å². The molecule has 0 saturated heterocycles. The molecule has 0 aliphatic rings.